The van der Waals surface area contributed by atoms with E-state index in [1.165, 1.54) is 0 Å². The van der Waals surface area contributed by atoms with Crippen molar-refractivity contribution in [3.8, 4) is 0 Å². The van der Waals surface area contributed by atoms with Crippen LogP contribution in [0.1, 0.15) is 29.1 Å². The molecule has 1 fully saturated rings. The Hall–Kier alpha value is -2.22. The Bertz CT molecular complexity index is 1150. The fourth-order valence-corrected chi connectivity index (χ4v) is 4.32. The van der Waals surface area contributed by atoms with Gasteiger partial charge in [0.1, 0.15) is 5.82 Å². The smallest absolute Gasteiger partial charge is 0.261 e. The van der Waals surface area contributed by atoms with Crippen molar-refractivity contribution in [1.82, 2.24) is 19.4 Å². The van der Waals surface area contributed by atoms with Gasteiger partial charge in [-0.3, -0.25) is 19.1 Å². The maximum absolute atomic E-state index is 12.8. The van der Waals surface area contributed by atoms with Crippen molar-refractivity contribution in [2.75, 3.05) is 26.2 Å². The topological polar surface area (TPSA) is 58.4 Å². The highest BCUT2D eigenvalue weighted by atomic mass is 79.9. The monoisotopic (exact) mass is 488 g/mol. The summed E-state index contributed by atoms with van der Waals surface area (Å²) in [6.07, 6.45) is 0. The first-order valence-electron chi connectivity index (χ1n) is 9.80. The third-order valence-corrected chi connectivity index (χ3v) is 6.45. The zero-order chi connectivity index (χ0) is 21.4. The maximum atomic E-state index is 12.8. The Labute approximate surface area is 188 Å². The molecule has 0 saturated carbocycles. The van der Waals surface area contributed by atoms with Crippen molar-refractivity contribution >= 4 is 44.3 Å². The first-order valence-corrected chi connectivity index (χ1v) is 11.0. The number of piperazine rings is 1. The lowest BCUT2D eigenvalue weighted by atomic mass is 10.1. The lowest BCUT2D eigenvalue weighted by Gasteiger charge is -2.38. The minimum Gasteiger partial charge on any atom is -0.336 e. The van der Waals surface area contributed by atoms with Crippen LogP contribution in [0.25, 0.3) is 10.9 Å². The number of halogens is 2. The van der Waals surface area contributed by atoms with E-state index in [4.69, 9.17) is 16.6 Å². The summed E-state index contributed by atoms with van der Waals surface area (Å²) < 4.78 is 2.55. The average Bonchev–Trinajstić information content (AvgIpc) is 2.76. The summed E-state index contributed by atoms with van der Waals surface area (Å²) in [5.74, 6) is 0.755. The van der Waals surface area contributed by atoms with Crippen LogP contribution in [0.2, 0.25) is 5.02 Å². The van der Waals surface area contributed by atoms with E-state index in [2.05, 4.69) is 27.8 Å². The first-order chi connectivity index (χ1) is 14.3. The summed E-state index contributed by atoms with van der Waals surface area (Å²) >= 11 is 9.44. The molecule has 2 aromatic carbocycles. The van der Waals surface area contributed by atoms with Gasteiger partial charge in [0.25, 0.3) is 11.5 Å². The van der Waals surface area contributed by atoms with Crippen LogP contribution in [-0.2, 0) is 7.05 Å². The Morgan fingerprint density at radius 1 is 1.10 bits per heavy atom. The third kappa shape index (κ3) is 4.02. The fourth-order valence-electron chi connectivity index (χ4n) is 3.88. The second-order valence-corrected chi connectivity index (χ2v) is 8.86. The average molecular weight is 490 g/mol. The highest BCUT2D eigenvalue weighted by molar-refractivity contribution is 9.10. The molecule has 0 radical (unpaired) electrons. The van der Waals surface area contributed by atoms with E-state index < -0.39 is 0 Å². The maximum Gasteiger partial charge on any atom is 0.261 e. The number of fused-ring (bicyclic) bond motifs is 1. The van der Waals surface area contributed by atoms with Gasteiger partial charge in [-0.25, -0.2) is 4.98 Å². The molecule has 0 aliphatic carbocycles. The van der Waals surface area contributed by atoms with Gasteiger partial charge in [0.05, 0.1) is 16.9 Å². The zero-order valence-electron chi connectivity index (χ0n) is 16.8. The summed E-state index contributed by atoms with van der Waals surface area (Å²) in [4.78, 5) is 34.4. The van der Waals surface area contributed by atoms with Crippen LogP contribution >= 0.6 is 27.5 Å². The van der Waals surface area contributed by atoms with Crippen molar-refractivity contribution in [3.05, 3.63) is 73.7 Å². The number of hydrogen-bond acceptors (Lipinski definition) is 4. The van der Waals surface area contributed by atoms with Crippen LogP contribution in [0.5, 0.6) is 0 Å². The summed E-state index contributed by atoms with van der Waals surface area (Å²) in [6.45, 7) is 4.76. The highest BCUT2D eigenvalue weighted by Gasteiger charge is 2.27. The van der Waals surface area contributed by atoms with Gasteiger partial charge >= 0.3 is 0 Å². The second-order valence-electron chi connectivity index (χ2n) is 7.51. The summed E-state index contributed by atoms with van der Waals surface area (Å²) in [5, 5.41) is 1.04. The molecule has 8 heteroatoms. The van der Waals surface area contributed by atoms with E-state index in [0.717, 1.165) is 17.6 Å². The Balaban J connectivity index is 1.50. The molecule has 30 heavy (non-hydrogen) atoms. The molecule has 4 rings (SSSR count). The minimum absolute atomic E-state index is 0.0444. The van der Waals surface area contributed by atoms with Gasteiger partial charge < -0.3 is 4.90 Å². The molecule has 1 aromatic heterocycles. The van der Waals surface area contributed by atoms with Crippen LogP contribution in [0, 0.1) is 0 Å². The standard InChI is InChI=1S/C22H22BrClN4O2/c1-14(20-25-19-8-7-17(24)13-18(19)22(30)26(20)2)27-9-11-28(12-10-27)21(29)15-3-5-16(23)6-4-15/h3-8,13-14H,9-12H2,1-2H3. The molecule has 156 valence electrons. The van der Waals surface area contributed by atoms with Crippen molar-refractivity contribution in [2.45, 2.75) is 13.0 Å². The third-order valence-electron chi connectivity index (χ3n) is 5.69. The van der Waals surface area contributed by atoms with E-state index in [0.29, 0.717) is 40.4 Å². The number of aromatic nitrogens is 2. The minimum atomic E-state index is -0.103. The van der Waals surface area contributed by atoms with Crippen LogP contribution < -0.4 is 5.56 Å². The molecule has 1 amide bonds. The van der Waals surface area contributed by atoms with Gasteiger partial charge in [-0.15, -0.1) is 0 Å². The second kappa shape index (κ2) is 8.49. The molecule has 1 aliphatic heterocycles. The fraction of sp³-hybridized carbons (Fsp3) is 0.318. The number of nitrogens with zero attached hydrogens (tertiary/aromatic N) is 4. The Morgan fingerprint density at radius 3 is 2.43 bits per heavy atom. The molecule has 1 unspecified atom stereocenters. The van der Waals surface area contributed by atoms with Crippen molar-refractivity contribution in [1.29, 1.82) is 0 Å². The van der Waals surface area contributed by atoms with E-state index in [1.807, 2.05) is 29.2 Å². The predicted molar refractivity (Wildman–Crippen MR) is 122 cm³/mol. The highest BCUT2D eigenvalue weighted by Crippen LogP contribution is 2.23. The van der Waals surface area contributed by atoms with Crippen LogP contribution in [-0.4, -0.2) is 51.4 Å². The van der Waals surface area contributed by atoms with Gasteiger partial charge in [-0.05, 0) is 49.4 Å². The molecular weight excluding hydrogens is 468 g/mol. The van der Waals surface area contributed by atoms with Gasteiger partial charge in [-0.1, -0.05) is 27.5 Å². The SMILES string of the molecule is CC(c1nc2ccc(Cl)cc2c(=O)n1C)N1CCN(C(=O)c2ccc(Br)cc2)CC1. The number of hydrogen-bond donors (Lipinski definition) is 0. The van der Waals surface area contributed by atoms with Gasteiger partial charge in [0.15, 0.2) is 0 Å². The normalized spacial score (nSPS) is 16.1. The van der Waals surface area contributed by atoms with Crippen LogP contribution in [0.4, 0.5) is 0 Å². The Kier molecular flexibility index (Phi) is 5.95. The lowest BCUT2D eigenvalue weighted by Crippen LogP contribution is -2.49. The van der Waals surface area contributed by atoms with Gasteiger partial charge in [0.2, 0.25) is 0 Å². The molecule has 1 atom stereocenters. The van der Waals surface area contributed by atoms with Gasteiger partial charge in [0, 0.05) is 48.3 Å². The van der Waals surface area contributed by atoms with Crippen LogP contribution in [0.15, 0.2) is 51.7 Å². The van der Waals surface area contributed by atoms with E-state index in [1.54, 1.807) is 29.8 Å². The van der Waals surface area contributed by atoms with Crippen molar-refractivity contribution < 1.29 is 4.79 Å². The molecule has 2 heterocycles. The molecule has 0 spiro atoms. The molecule has 0 N–H and O–H groups in total. The number of rotatable bonds is 3. The lowest BCUT2D eigenvalue weighted by molar-refractivity contribution is 0.0572. The summed E-state index contributed by atoms with van der Waals surface area (Å²) in [5.41, 5.74) is 1.23. The molecule has 1 aliphatic rings. The zero-order valence-corrected chi connectivity index (χ0v) is 19.2. The molecule has 6 nitrogen and oxygen atoms in total. The molecule has 3 aromatic rings. The number of carbonyl (C=O) groups is 1. The molecule has 0 bridgehead atoms. The number of benzene rings is 2. The van der Waals surface area contributed by atoms with Gasteiger partial charge in [-0.2, -0.15) is 0 Å². The molecule has 1 saturated heterocycles. The first kappa shape index (κ1) is 21.0. The summed E-state index contributed by atoms with van der Waals surface area (Å²) in [6, 6.07) is 12.6. The number of amides is 1. The largest absolute Gasteiger partial charge is 0.336 e. The summed E-state index contributed by atoms with van der Waals surface area (Å²) in [7, 11) is 1.74. The Morgan fingerprint density at radius 2 is 1.77 bits per heavy atom. The van der Waals surface area contributed by atoms with Crippen molar-refractivity contribution in [2.24, 2.45) is 7.05 Å². The quantitative estimate of drug-likeness (QED) is 0.560. The van der Waals surface area contributed by atoms with E-state index in [9.17, 15) is 9.59 Å². The van der Waals surface area contributed by atoms with Crippen LogP contribution in [0.3, 0.4) is 0 Å². The predicted octanol–water partition coefficient (Wildman–Crippen LogP) is 3.87. The molecular formula is C22H22BrClN4O2. The van der Waals surface area contributed by atoms with Crippen molar-refractivity contribution in [3.63, 3.8) is 0 Å². The van der Waals surface area contributed by atoms with E-state index in [-0.39, 0.29) is 17.5 Å². The van der Waals surface area contributed by atoms with E-state index >= 15 is 0 Å². The number of carbonyl (C=O) groups excluding carboxylic acids is 1.